The van der Waals surface area contributed by atoms with Crippen molar-refractivity contribution in [3.05, 3.63) is 28.2 Å². The predicted molar refractivity (Wildman–Crippen MR) is 83.0 cm³/mol. The SMILES string of the molecule is CCOC1CC(NCc2cc(N)cc(Br)c2)C1(C)C. The number of hydrogen-bond donors (Lipinski definition) is 2. The van der Waals surface area contributed by atoms with E-state index in [1.165, 1.54) is 5.56 Å². The minimum Gasteiger partial charge on any atom is -0.399 e. The van der Waals surface area contributed by atoms with Crippen LogP contribution >= 0.6 is 15.9 Å². The largest absolute Gasteiger partial charge is 0.399 e. The van der Waals surface area contributed by atoms with Crippen LogP contribution in [0.5, 0.6) is 0 Å². The van der Waals surface area contributed by atoms with Crippen LogP contribution in [0.2, 0.25) is 0 Å². The molecule has 106 valence electrons. The lowest BCUT2D eigenvalue weighted by atomic mass is 9.64. The van der Waals surface area contributed by atoms with Gasteiger partial charge in [0.05, 0.1) is 6.10 Å². The second-order valence-electron chi connectivity index (χ2n) is 5.83. The lowest BCUT2D eigenvalue weighted by molar-refractivity contribution is -0.114. The fraction of sp³-hybridized carbons (Fsp3) is 0.600. The Hall–Kier alpha value is -0.580. The van der Waals surface area contributed by atoms with Gasteiger partial charge in [-0.1, -0.05) is 29.8 Å². The van der Waals surface area contributed by atoms with E-state index in [2.05, 4.69) is 48.1 Å². The van der Waals surface area contributed by atoms with Crippen LogP contribution in [-0.2, 0) is 11.3 Å². The van der Waals surface area contributed by atoms with Gasteiger partial charge in [0.15, 0.2) is 0 Å². The second-order valence-corrected chi connectivity index (χ2v) is 6.74. The lowest BCUT2D eigenvalue weighted by Gasteiger charge is -2.52. The molecule has 4 heteroatoms. The molecule has 0 aliphatic heterocycles. The number of nitrogens with one attached hydrogen (secondary N) is 1. The molecule has 1 aliphatic rings. The first-order chi connectivity index (χ1) is 8.93. The Morgan fingerprint density at radius 2 is 2.16 bits per heavy atom. The summed E-state index contributed by atoms with van der Waals surface area (Å²) in [6.07, 6.45) is 1.47. The summed E-state index contributed by atoms with van der Waals surface area (Å²) in [4.78, 5) is 0. The summed E-state index contributed by atoms with van der Waals surface area (Å²) in [5.74, 6) is 0. The van der Waals surface area contributed by atoms with E-state index in [0.717, 1.165) is 29.7 Å². The third kappa shape index (κ3) is 3.30. The van der Waals surface area contributed by atoms with Gasteiger partial charge >= 0.3 is 0 Å². The minimum absolute atomic E-state index is 0.202. The molecule has 0 aromatic heterocycles. The second kappa shape index (κ2) is 5.81. The predicted octanol–water partition coefficient (Wildman–Crippen LogP) is 3.32. The highest BCUT2D eigenvalue weighted by Crippen LogP contribution is 2.42. The Kier molecular flexibility index (Phi) is 4.54. The molecule has 0 spiro atoms. The Labute approximate surface area is 124 Å². The van der Waals surface area contributed by atoms with Crippen LogP contribution in [0.15, 0.2) is 22.7 Å². The lowest BCUT2D eigenvalue weighted by Crippen LogP contribution is -2.60. The van der Waals surface area contributed by atoms with Crippen LogP contribution in [0, 0.1) is 5.41 Å². The molecule has 1 aromatic rings. The molecule has 3 N–H and O–H groups in total. The molecule has 3 nitrogen and oxygen atoms in total. The van der Waals surface area contributed by atoms with E-state index in [-0.39, 0.29) is 5.41 Å². The molecular formula is C15H23BrN2O. The smallest absolute Gasteiger partial charge is 0.0655 e. The third-order valence-electron chi connectivity index (χ3n) is 4.08. The maximum atomic E-state index is 5.85. The molecule has 2 atom stereocenters. The quantitative estimate of drug-likeness (QED) is 0.816. The number of nitrogens with two attached hydrogens (primary N) is 1. The highest BCUT2D eigenvalue weighted by molar-refractivity contribution is 9.10. The molecule has 19 heavy (non-hydrogen) atoms. The van der Waals surface area contributed by atoms with Crippen LogP contribution < -0.4 is 11.1 Å². The zero-order valence-electron chi connectivity index (χ0n) is 11.9. The van der Waals surface area contributed by atoms with Crippen molar-refractivity contribution in [1.82, 2.24) is 5.32 Å². The van der Waals surface area contributed by atoms with Gasteiger partial charge in [-0.3, -0.25) is 0 Å². The van der Waals surface area contributed by atoms with E-state index in [1.54, 1.807) is 0 Å². The van der Waals surface area contributed by atoms with Crippen LogP contribution in [-0.4, -0.2) is 18.8 Å². The summed E-state index contributed by atoms with van der Waals surface area (Å²) in [7, 11) is 0. The summed E-state index contributed by atoms with van der Waals surface area (Å²) in [6, 6.07) is 6.55. The molecule has 0 amide bonds. The average Bonchev–Trinajstić information content (AvgIpc) is 2.31. The van der Waals surface area contributed by atoms with Crippen LogP contribution in [0.4, 0.5) is 5.69 Å². The van der Waals surface area contributed by atoms with E-state index < -0.39 is 0 Å². The third-order valence-corrected chi connectivity index (χ3v) is 4.54. The fourth-order valence-electron chi connectivity index (χ4n) is 2.73. The Balaban J connectivity index is 1.90. The normalized spacial score (nSPS) is 25.1. The highest BCUT2D eigenvalue weighted by Gasteiger charge is 2.48. The molecule has 0 saturated heterocycles. The van der Waals surface area contributed by atoms with Crippen molar-refractivity contribution in [3.63, 3.8) is 0 Å². The maximum absolute atomic E-state index is 5.85. The van der Waals surface area contributed by atoms with Gasteiger partial charge in [-0.15, -0.1) is 0 Å². The van der Waals surface area contributed by atoms with Crippen molar-refractivity contribution in [3.8, 4) is 0 Å². The molecule has 1 aliphatic carbocycles. The molecule has 2 unspecified atom stereocenters. The van der Waals surface area contributed by atoms with E-state index in [0.29, 0.717) is 12.1 Å². The molecule has 0 radical (unpaired) electrons. The van der Waals surface area contributed by atoms with E-state index in [4.69, 9.17) is 10.5 Å². The first kappa shape index (κ1) is 14.8. The van der Waals surface area contributed by atoms with Crippen molar-refractivity contribution in [2.75, 3.05) is 12.3 Å². The Morgan fingerprint density at radius 3 is 2.74 bits per heavy atom. The number of nitrogen functional groups attached to an aromatic ring is 1. The van der Waals surface area contributed by atoms with Crippen LogP contribution in [0.1, 0.15) is 32.8 Å². The number of benzene rings is 1. The van der Waals surface area contributed by atoms with Gasteiger partial charge in [0.25, 0.3) is 0 Å². The van der Waals surface area contributed by atoms with E-state index in [9.17, 15) is 0 Å². The number of hydrogen-bond acceptors (Lipinski definition) is 3. The number of anilines is 1. The topological polar surface area (TPSA) is 47.3 Å². The molecule has 1 fully saturated rings. The maximum Gasteiger partial charge on any atom is 0.0655 e. The summed E-state index contributed by atoms with van der Waals surface area (Å²) >= 11 is 3.48. The average molecular weight is 327 g/mol. The molecular weight excluding hydrogens is 304 g/mol. The van der Waals surface area contributed by atoms with Gasteiger partial charge in [0.1, 0.15) is 0 Å². The number of rotatable bonds is 5. The molecule has 0 bridgehead atoms. The van der Waals surface area contributed by atoms with Crippen molar-refractivity contribution < 1.29 is 4.74 Å². The van der Waals surface area contributed by atoms with E-state index >= 15 is 0 Å². The fourth-order valence-corrected chi connectivity index (χ4v) is 3.29. The van der Waals surface area contributed by atoms with Crippen molar-refractivity contribution in [2.24, 2.45) is 5.41 Å². The van der Waals surface area contributed by atoms with Gasteiger partial charge in [-0.25, -0.2) is 0 Å². The first-order valence-electron chi connectivity index (χ1n) is 6.83. The summed E-state index contributed by atoms with van der Waals surface area (Å²) in [5, 5.41) is 3.61. The number of halogens is 1. The van der Waals surface area contributed by atoms with Gasteiger partial charge < -0.3 is 15.8 Å². The first-order valence-corrected chi connectivity index (χ1v) is 7.62. The van der Waals surface area contributed by atoms with Gasteiger partial charge in [0.2, 0.25) is 0 Å². The van der Waals surface area contributed by atoms with Crippen molar-refractivity contribution in [1.29, 1.82) is 0 Å². The summed E-state index contributed by atoms with van der Waals surface area (Å²) in [5.41, 5.74) is 8.06. The summed E-state index contributed by atoms with van der Waals surface area (Å²) in [6.45, 7) is 8.23. The van der Waals surface area contributed by atoms with Gasteiger partial charge in [-0.05, 0) is 37.1 Å². The standard InChI is InChI=1S/C15H23BrN2O/c1-4-19-14-8-13(15(14,2)3)18-9-10-5-11(16)7-12(17)6-10/h5-7,13-14,18H,4,8-9,17H2,1-3H3. The Morgan fingerprint density at radius 1 is 1.42 bits per heavy atom. The minimum atomic E-state index is 0.202. The summed E-state index contributed by atoms with van der Waals surface area (Å²) < 4.78 is 6.78. The molecule has 2 rings (SSSR count). The van der Waals surface area contributed by atoms with Crippen molar-refractivity contribution >= 4 is 21.6 Å². The highest BCUT2D eigenvalue weighted by atomic mass is 79.9. The zero-order chi connectivity index (χ0) is 14.0. The molecule has 1 saturated carbocycles. The Bertz CT molecular complexity index is 428. The zero-order valence-corrected chi connectivity index (χ0v) is 13.5. The monoisotopic (exact) mass is 326 g/mol. The van der Waals surface area contributed by atoms with Crippen molar-refractivity contribution in [2.45, 2.75) is 45.9 Å². The molecule has 0 heterocycles. The molecule has 1 aromatic carbocycles. The van der Waals surface area contributed by atoms with Crippen LogP contribution in [0.25, 0.3) is 0 Å². The van der Waals surface area contributed by atoms with E-state index in [1.807, 2.05) is 12.1 Å². The van der Waals surface area contributed by atoms with Gasteiger partial charge in [0, 0.05) is 34.8 Å². The van der Waals surface area contributed by atoms with Gasteiger partial charge in [-0.2, -0.15) is 0 Å². The number of ether oxygens (including phenoxy) is 1. The van der Waals surface area contributed by atoms with Crippen LogP contribution in [0.3, 0.4) is 0 Å².